The van der Waals surface area contributed by atoms with Crippen molar-refractivity contribution in [2.45, 2.75) is 13.0 Å². The Balaban J connectivity index is 0.00000176. The van der Waals surface area contributed by atoms with Crippen LogP contribution in [0.5, 0.6) is 0 Å². The van der Waals surface area contributed by atoms with Crippen molar-refractivity contribution in [3.63, 3.8) is 0 Å². The molecule has 1 N–H and O–H groups in total. The monoisotopic (exact) mass is 317 g/mol. The zero-order chi connectivity index (χ0) is 14.8. The van der Waals surface area contributed by atoms with E-state index in [-0.39, 0.29) is 24.2 Å². The molecule has 2 amide bonds. The number of halogens is 1. The quantitative estimate of drug-likeness (QED) is 0.941. The van der Waals surface area contributed by atoms with E-state index >= 15 is 0 Å². The fourth-order valence-electron chi connectivity index (χ4n) is 2.41. The molecule has 1 aliphatic heterocycles. The lowest BCUT2D eigenvalue weighted by Crippen LogP contribution is -2.22. The lowest BCUT2D eigenvalue weighted by molar-refractivity contribution is -0.117. The highest BCUT2D eigenvalue weighted by Crippen LogP contribution is 2.28. The molecule has 1 aromatic carbocycles. The Morgan fingerprint density at radius 1 is 1.36 bits per heavy atom. The van der Waals surface area contributed by atoms with E-state index < -0.39 is 0 Å². The molecular weight excluding hydrogens is 302 g/mol. The molecule has 2 aromatic rings. The summed E-state index contributed by atoms with van der Waals surface area (Å²) in [5, 5.41) is 2.85. The average Bonchev–Trinajstić information content (AvgIpc) is 2.80. The van der Waals surface area contributed by atoms with Crippen LogP contribution in [0.2, 0.25) is 0 Å². The Morgan fingerprint density at radius 3 is 2.91 bits per heavy atom. The Kier molecular flexibility index (Phi) is 4.78. The molecule has 0 spiro atoms. The number of nitrogens with one attached hydrogen (secondary N) is 1. The number of pyridine rings is 1. The van der Waals surface area contributed by atoms with Gasteiger partial charge in [0.15, 0.2) is 0 Å². The lowest BCUT2D eigenvalue weighted by Gasteiger charge is -2.11. The van der Waals surface area contributed by atoms with Gasteiger partial charge in [-0.15, -0.1) is 12.4 Å². The van der Waals surface area contributed by atoms with Gasteiger partial charge in [0.1, 0.15) is 0 Å². The standard InChI is InChI=1S/C16H15N3O2.ClH/c1-19-14-5-4-11(7-13(14)8-15(19)20)9-18-16(21)12-3-2-6-17-10-12;/h2-7,10H,8-9H2,1H3,(H,18,21);1H. The third-order valence-electron chi connectivity index (χ3n) is 3.60. The van der Waals surface area contributed by atoms with E-state index in [1.165, 1.54) is 6.20 Å². The van der Waals surface area contributed by atoms with Gasteiger partial charge >= 0.3 is 0 Å². The zero-order valence-electron chi connectivity index (χ0n) is 12.1. The number of nitrogens with zero attached hydrogens (tertiary/aromatic N) is 2. The summed E-state index contributed by atoms with van der Waals surface area (Å²) in [5.74, 6) is -0.0571. The number of hydrogen-bond acceptors (Lipinski definition) is 3. The van der Waals surface area contributed by atoms with Crippen LogP contribution in [-0.2, 0) is 17.8 Å². The second kappa shape index (κ2) is 6.58. The summed E-state index contributed by atoms with van der Waals surface area (Å²) in [6.07, 6.45) is 3.59. The number of benzene rings is 1. The normalized spacial score (nSPS) is 12.6. The average molecular weight is 318 g/mol. The van der Waals surface area contributed by atoms with Gasteiger partial charge in [0.25, 0.3) is 5.91 Å². The number of fused-ring (bicyclic) bond motifs is 1. The van der Waals surface area contributed by atoms with Gasteiger partial charge in [-0.25, -0.2) is 0 Å². The first kappa shape index (κ1) is 16.0. The molecule has 1 aromatic heterocycles. The van der Waals surface area contributed by atoms with Crippen LogP contribution in [0.4, 0.5) is 5.69 Å². The minimum atomic E-state index is -0.156. The SMILES string of the molecule is CN1C(=O)Cc2cc(CNC(=O)c3cccnc3)ccc21.Cl. The first-order chi connectivity index (χ1) is 10.1. The van der Waals surface area contributed by atoms with Crippen LogP contribution in [0.3, 0.4) is 0 Å². The molecule has 5 nitrogen and oxygen atoms in total. The maximum absolute atomic E-state index is 11.9. The number of carbonyl (C=O) groups is 2. The van der Waals surface area contributed by atoms with Gasteiger partial charge < -0.3 is 10.2 Å². The van der Waals surface area contributed by atoms with E-state index in [0.29, 0.717) is 18.5 Å². The minimum absolute atomic E-state index is 0. The Bertz CT molecular complexity index is 704. The zero-order valence-corrected chi connectivity index (χ0v) is 12.9. The molecule has 0 saturated heterocycles. The van der Waals surface area contributed by atoms with Crippen LogP contribution in [0.15, 0.2) is 42.7 Å². The third kappa shape index (κ3) is 3.09. The number of likely N-dealkylation sites (N-methyl/N-ethyl adjacent to an activating group) is 1. The molecule has 0 aliphatic carbocycles. The number of hydrogen-bond donors (Lipinski definition) is 1. The van der Waals surface area contributed by atoms with E-state index in [2.05, 4.69) is 10.3 Å². The number of aromatic nitrogens is 1. The molecule has 2 heterocycles. The molecule has 6 heteroatoms. The van der Waals surface area contributed by atoms with Crippen LogP contribution in [0.25, 0.3) is 0 Å². The van der Waals surface area contributed by atoms with Crippen LogP contribution in [0.1, 0.15) is 21.5 Å². The van der Waals surface area contributed by atoms with Crippen molar-refractivity contribution in [2.24, 2.45) is 0 Å². The van der Waals surface area contributed by atoms with Crippen molar-refractivity contribution in [3.8, 4) is 0 Å². The fourth-order valence-corrected chi connectivity index (χ4v) is 2.41. The van der Waals surface area contributed by atoms with Gasteiger partial charge in [-0.2, -0.15) is 0 Å². The molecule has 114 valence electrons. The highest BCUT2D eigenvalue weighted by Gasteiger charge is 2.23. The van der Waals surface area contributed by atoms with Crippen LogP contribution in [0, 0.1) is 0 Å². The number of amides is 2. The summed E-state index contributed by atoms with van der Waals surface area (Å²) in [5.41, 5.74) is 3.47. The van der Waals surface area contributed by atoms with E-state index in [4.69, 9.17) is 0 Å². The van der Waals surface area contributed by atoms with Crippen molar-refractivity contribution in [1.29, 1.82) is 0 Å². The molecule has 22 heavy (non-hydrogen) atoms. The maximum atomic E-state index is 11.9. The molecule has 3 rings (SSSR count). The fraction of sp³-hybridized carbons (Fsp3) is 0.188. The highest BCUT2D eigenvalue weighted by molar-refractivity contribution is 6.01. The molecular formula is C16H16ClN3O2. The van der Waals surface area contributed by atoms with E-state index in [0.717, 1.165) is 16.8 Å². The second-order valence-corrected chi connectivity index (χ2v) is 5.02. The van der Waals surface area contributed by atoms with Gasteiger partial charge in [-0.05, 0) is 29.3 Å². The van der Waals surface area contributed by atoms with Gasteiger partial charge in [0.2, 0.25) is 5.91 Å². The summed E-state index contributed by atoms with van der Waals surface area (Å²) in [6, 6.07) is 9.27. The minimum Gasteiger partial charge on any atom is -0.348 e. The molecule has 1 aliphatic rings. The molecule has 0 unspecified atom stereocenters. The molecule has 0 radical (unpaired) electrons. The predicted molar refractivity (Wildman–Crippen MR) is 86.2 cm³/mol. The first-order valence-electron chi connectivity index (χ1n) is 6.72. The summed E-state index contributed by atoms with van der Waals surface area (Å²) in [6.45, 7) is 0.429. The summed E-state index contributed by atoms with van der Waals surface area (Å²) in [7, 11) is 1.78. The summed E-state index contributed by atoms with van der Waals surface area (Å²) < 4.78 is 0. The largest absolute Gasteiger partial charge is 0.348 e. The summed E-state index contributed by atoms with van der Waals surface area (Å²) in [4.78, 5) is 29.2. The Morgan fingerprint density at radius 2 is 2.18 bits per heavy atom. The number of anilines is 1. The number of carbonyl (C=O) groups excluding carboxylic acids is 2. The van der Waals surface area contributed by atoms with Gasteiger partial charge in [0, 0.05) is 31.7 Å². The topological polar surface area (TPSA) is 62.3 Å². The van der Waals surface area contributed by atoms with Crippen molar-refractivity contribution in [3.05, 3.63) is 59.4 Å². The second-order valence-electron chi connectivity index (χ2n) is 5.02. The van der Waals surface area contributed by atoms with Crippen molar-refractivity contribution >= 4 is 29.9 Å². The van der Waals surface area contributed by atoms with E-state index in [1.54, 1.807) is 30.3 Å². The van der Waals surface area contributed by atoms with Crippen molar-refractivity contribution in [2.75, 3.05) is 11.9 Å². The van der Waals surface area contributed by atoms with Crippen LogP contribution >= 0.6 is 12.4 Å². The smallest absolute Gasteiger partial charge is 0.253 e. The first-order valence-corrected chi connectivity index (χ1v) is 6.72. The summed E-state index contributed by atoms with van der Waals surface area (Å²) >= 11 is 0. The highest BCUT2D eigenvalue weighted by atomic mass is 35.5. The molecule has 0 bridgehead atoms. The van der Waals surface area contributed by atoms with Gasteiger partial charge in [-0.3, -0.25) is 14.6 Å². The van der Waals surface area contributed by atoms with Gasteiger partial charge in [0.05, 0.1) is 12.0 Å². The molecule has 0 atom stereocenters. The Labute approximate surface area is 134 Å². The van der Waals surface area contributed by atoms with Crippen molar-refractivity contribution < 1.29 is 9.59 Å². The maximum Gasteiger partial charge on any atom is 0.253 e. The third-order valence-corrected chi connectivity index (χ3v) is 3.60. The van der Waals surface area contributed by atoms with E-state index in [9.17, 15) is 9.59 Å². The lowest BCUT2D eigenvalue weighted by atomic mass is 10.1. The molecule has 0 fully saturated rings. The van der Waals surface area contributed by atoms with Gasteiger partial charge in [-0.1, -0.05) is 12.1 Å². The molecule has 0 saturated carbocycles. The predicted octanol–water partition coefficient (Wildman–Crippen LogP) is 1.95. The van der Waals surface area contributed by atoms with Crippen LogP contribution in [-0.4, -0.2) is 23.8 Å². The Hall–Kier alpha value is -2.40. The van der Waals surface area contributed by atoms with E-state index in [1.807, 2.05) is 18.2 Å². The number of rotatable bonds is 3. The van der Waals surface area contributed by atoms with Crippen molar-refractivity contribution in [1.82, 2.24) is 10.3 Å². The van der Waals surface area contributed by atoms with Crippen LogP contribution < -0.4 is 10.2 Å².